The minimum Gasteiger partial charge on any atom is -0.466 e. The molecule has 0 aromatic carbocycles. The maximum Gasteiger partial charge on any atom is 0.302 e. The Morgan fingerprint density at radius 2 is 2.04 bits per heavy atom. The van der Waals surface area contributed by atoms with Crippen molar-refractivity contribution in [1.82, 2.24) is 0 Å². The van der Waals surface area contributed by atoms with E-state index in [0.29, 0.717) is 54.0 Å². The Kier molecular flexibility index (Phi) is 3.93. The molecule has 0 N–H and O–H groups in total. The second kappa shape index (κ2) is 5.92. The van der Waals surface area contributed by atoms with Gasteiger partial charge in [0.15, 0.2) is 5.78 Å². The fraction of sp³-hybridized carbons (Fsp3) is 0.826. The third-order valence-corrected chi connectivity index (χ3v) is 9.20. The SMILES string of the molecule is CC(=O)OCC[C@H]1CCC2C3C(CC[C@@]21C)[C@@]1(C)CCC(=O)C=C1[C@H]1O[C@@H]31. The summed E-state index contributed by atoms with van der Waals surface area (Å²) in [5.41, 5.74) is 1.82. The van der Waals surface area contributed by atoms with Crippen LogP contribution in [0.2, 0.25) is 0 Å². The summed E-state index contributed by atoms with van der Waals surface area (Å²) < 4.78 is 11.5. The van der Waals surface area contributed by atoms with Gasteiger partial charge in [-0.05, 0) is 84.7 Å². The van der Waals surface area contributed by atoms with Crippen molar-refractivity contribution < 1.29 is 19.1 Å². The van der Waals surface area contributed by atoms with Crippen molar-refractivity contribution in [3.8, 4) is 0 Å². The Labute approximate surface area is 162 Å². The fourth-order valence-corrected chi connectivity index (χ4v) is 7.74. The summed E-state index contributed by atoms with van der Waals surface area (Å²) in [4.78, 5) is 23.2. The minimum atomic E-state index is -0.168. The number of esters is 1. The average Bonchev–Trinajstić information content (AvgIpc) is 3.33. The van der Waals surface area contributed by atoms with Gasteiger partial charge in [0, 0.05) is 13.3 Å². The van der Waals surface area contributed by atoms with Gasteiger partial charge >= 0.3 is 5.97 Å². The van der Waals surface area contributed by atoms with Gasteiger partial charge in [0.05, 0.1) is 12.7 Å². The van der Waals surface area contributed by atoms with Crippen molar-refractivity contribution >= 4 is 11.8 Å². The molecule has 148 valence electrons. The van der Waals surface area contributed by atoms with E-state index in [1.807, 2.05) is 6.08 Å². The van der Waals surface area contributed by atoms with Crippen LogP contribution in [0.1, 0.15) is 65.7 Å². The molecule has 0 radical (unpaired) electrons. The summed E-state index contributed by atoms with van der Waals surface area (Å²) in [7, 11) is 0. The van der Waals surface area contributed by atoms with Crippen LogP contribution >= 0.6 is 0 Å². The molecule has 5 aliphatic rings. The van der Waals surface area contributed by atoms with Crippen LogP contribution < -0.4 is 0 Å². The van der Waals surface area contributed by atoms with E-state index in [-0.39, 0.29) is 17.5 Å². The van der Waals surface area contributed by atoms with E-state index in [0.717, 1.165) is 12.8 Å². The number of epoxide rings is 1. The lowest BCUT2D eigenvalue weighted by Gasteiger charge is -2.56. The van der Waals surface area contributed by atoms with Gasteiger partial charge in [0.1, 0.15) is 6.10 Å². The second-order valence-corrected chi connectivity index (χ2v) is 10.2. The first-order valence-corrected chi connectivity index (χ1v) is 10.9. The molecular weight excluding hydrogens is 340 g/mol. The number of hydrogen-bond donors (Lipinski definition) is 0. The summed E-state index contributed by atoms with van der Waals surface area (Å²) in [6, 6.07) is 0. The zero-order valence-electron chi connectivity index (χ0n) is 16.8. The van der Waals surface area contributed by atoms with Crippen LogP contribution in [0, 0.1) is 34.5 Å². The van der Waals surface area contributed by atoms with Gasteiger partial charge in [0.2, 0.25) is 0 Å². The van der Waals surface area contributed by atoms with Crippen molar-refractivity contribution in [2.45, 2.75) is 77.9 Å². The standard InChI is InChI=1S/C23H32O4/c1-13(24)26-11-8-14-4-5-16-19-17(7-10-22(14,16)2)23(3)9-6-15(25)12-18(23)20-21(19)27-20/h12,14,16-17,19-21H,4-11H2,1-3H3/t14-,16?,17?,19?,20-,21+,22-,23-/m1/s1. The third-order valence-electron chi connectivity index (χ3n) is 9.20. The van der Waals surface area contributed by atoms with Crippen LogP contribution in [-0.2, 0) is 19.1 Å². The first-order chi connectivity index (χ1) is 12.8. The summed E-state index contributed by atoms with van der Waals surface area (Å²) >= 11 is 0. The number of fused-ring (bicyclic) bond motifs is 8. The van der Waals surface area contributed by atoms with Gasteiger partial charge in [0.25, 0.3) is 0 Å². The molecule has 0 spiro atoms. The molecule has 1 heterocycles. The van der Waals surface area contributed by atoms with Crippen molar-refractivity contribution in [1.29, 1.82) is 0 Å². The van der Waals surface area contributed by atoms with Gasteiger partial charge in [-0.25, -0.2) is 0 Å². The number of carbonyl (C=O) groups excluding carboxylic acids is 2. The van der Waals surface area contributed by atoms with Crippen LogP contribution in [0.3, 0.4) is 0 Å². The molecule has 4 heteroatoms. The first kappa shape index (κ1) is 17.9. The van der Waals surface area contributed by atoms with Gasteiger partial charge in [-0.2, -0.15) is 0 Å². The van der Waals surface area contributed by atoms with Gasteiger partial charge in [-0.15, -0.1) is 0 Å². The lowest BCUT2D eigenvalue weighted by molar-refractivity contribution is -0.141. The maximum absolute atomic E-state index is 12.0. The Balaban J connectivity index is 1.40. The molecular formula is C23H32O4. The molecule has 8 atom stereocenters. The van der Waals surface area contributed by atoms with E-state index in [1.54, 1.807) is 0 Å². The molecule has 3 unspecified atom stereocenters. The Morgan fingerprint density at radius 1 is 1.22 bits per heavy atom. The molecule has 0 amide bonds. The predicted molar refractivity (Wildman–Crippen MR) is 101 cm³/mol. The van der Waals surface area contributed by atoms with Gasteiger partial charge in [-0.1, -0.05) is 13.8 Å². The minimum absolute atomic E-state index is 0.160. The largest absolute Gasteiger partial charge is 0.466 e. The summed E-state index contributed by atoms with van der Waals surface area (Å²) in [5.74, 6) is 2.79. The molecule has 4 fully saturated rings. The zero-order chi connectivity index (χ0) is 19.0. The summed E-state index contributed by atoms with van der Waals surface area (Å²) in [6.45, 7) is 6.97. The molecule has 0 bridgehead atoms. The molecule has 1 saturated heterocycles. The monoisotopic (exact) mass is 372 g/mol. The van der Waals surface area contributed by atoms with Crippen LogP contribution in [0.25, 0.3) is 0 Å². The third kappa shape index (κ3) is 2.51. The highest BCUT2D eigenvalue weighted by molar-refractivity contribution is 5.92. The van der Waals surface area contributed by atoms with Crippen LogP contribution in [-0.4, -0.2) is 30.6 Å². The van der Waals surface area contributed by atoms with E-state index in [1.165, 1.54) is 38.2 Å². The molecule has 0 aromatic heterocycles. The maximum atomic E-state index is 12.0. The van der Waals surface area contributed by atoms with Gasteiger partial charge < -0.3 is 9.47 Å². The highest BCUT2D eigenvalue weighted by atomic mass is 16.6. The van der Waals surface area contributed by atoms with Crippen molar-refractivity contribution in [3.63, 3.8) is 0 Å². The lowest BCUT2D eigenvalue weighted by Crippen LogP contribution is -2.53. The predicted octanol–water partition coefficient (Wildman–Crippen LogP) is 4.07. The lowest BCUT2D eigenvalue weighted by atomic mass is 9.47. The Bertz CT molecular complexity index is 711. The van der Waals surface area contributed by atoms with Crippen LogP contribution in [0.15, 0.2) is 11.6 Å². The zero-order valence-corrected chi connectivity index (χ0v) is 16.8. The molecule has 3 saturated carbocycles. The molecule has 27 heavy (non-hydrogen) atoms. The molecule has 5 rings (SSSR count). The number of carbonyl (C=O) groups is 2. The number of ether oxygens (including phenoxy) is 2. The first-order valence-electron chi connectivity index (χ1n) is 10.9. The normalized spacial score (nSPS) is 50.0. The van der Waals surface area contributed by atoms with E-state index in [2.05, 4.69) is 13.8 Å². The quantitative estimate of drug-likeness (QED) is 0.553. The highest BCUT2D eigenvalue weighted by Crippen LogP contribution is 2.70. The summed E-state index contributed by atoms with van der Waals surface area (Å²) in [5, 5.41) is 0. The van der Waals surface area contributed by atoms with E-state index >= 15 is 0 Å². The van der Waals surface area contributed by atoms with Gasteiger partial charge in [-0.3, -0.25) is 9.59 Å². The smallest absolute Gasteiger partial charge is 0.302 e. The fourth-order valence-electron chi connectivity index (χ4n) is 7.74. The number of rotatable bonds is 3. The Morgan fingerprint density at radius 3 is 2.81 bits per heavy atom. The van der Waals surface area contributed by atoms with Crippen LogP contribution in [0.5, 0.6) is 0 Å². The molecule has 4 aliphatic carbocycles. The number of ketones is 1. The van der Waals surface area contributed by atoms with E-state index in [9.17, 15) is 9.59 Å². The molecule has 4 nitrogen and oxygen atoms in total. The van der Waals surface area contributed by atoms with Crippen molar-refractivity contribution in [2.75, 3.05) is 6.61 Å². The van der Waals surface area contributed by atoms with Crippen LogP contribution in [0.4, 0.5) is 0 Å². The number of hydrogen-bond acceptors (Lipinski definition) is 4. The summed E-state index contributed by atoms with van der Waals surface area (Å²) in [6.07, 6.45) is 10.2. The topological polar surface area (TPSA) is 55.9 Å². The van der Waals surface area contributed by atoms with E-state index < -0.39 is 0 Å². The molecule has 0 aromatic rings. The van der Waals surface area contributed by atoms with Crippen molar-refractivity contribution in [3.05, 3.63) is 11.6 Å². The Hall–Kier alpha value is -1.16. The van der Waals surface area contributed by atoms with Crippen molar-refractivity contribution in [2.24, 2.45) is 34.5 Å². The highest BCUT2D eigenvalue weighted by Gasteiger charge is 2.68. The molecule has 1 aliphatic heterocycles. The average molecular weight is 373 g/mol. The second-order valence-electron chi connectivity index (χ2n) is 10.2. The van der Waals surface area contributed by atoms with E-state index in [4.69, 9.17) is 9.47 Å².